The summed E-state index contributed by atoms with van der Waals surface area (Å²) in [7, 11) is 0. The Morgan fingerprint density at radius 1 is 1.22 bits per heavy atom. The number of rotatable bonds is 5. The molecule has 9 heteroatoms. The molecule has 3 aliphatic heterocycles. The van der Waals surface area contributed by atoms with E-state index in [4.69, 9.17) is 23.9 Å². The molecule has 1 amide bonds. The Morgan fingerprint density at radius 3 is 2.86 bits per heavy atom. The lowest BCUT2D eigenvalue weighted by Gasteiger charge is -2.36. The number of aromatic amines is 1. The van der Waals surface area contributed by atoms with Crippen molar-refractivity contribution in [3.8, 4) is 17.0 Å². The van der Waals surface area contributed by atoms with Gasteiger partial charge in [0.25, 0.3) is 0 Å². The van der Waals surface area contributed by atoms with Gasteiger partial charge in [0.1, 0.15) is 17.2 Å². The van der Waals surface area contributed by atoms with Crippen molar-refractivity contribution in [2.24, 2.45) is 5.92 Å². The summed E-state index contributed by atoms with van der Waals surface area (Å²) in [5.74, 6) is 1.66. The molecule has 2 N–H and O–H groups in total. The Hall–Kier alpha value is -3.01. The highest BCUT2D eigenvalue weighted by atomic mass is 16.6. The van der Waals surface area contributed by atoms with Crippen molar-refractivity contribution in [1.29, 1.82) is 0 Å². The molecule has 2 fully saturated rings. The largest absolute Gasteiger partial charge is 0.490 e. The Kier molecular flexibility index (Phi) is 6.15. The van der Waals surface area contributed by atoms with E-state index in [1.54, 1.807) is 6.20 Å². The maximum atomic E-state index is 11.6. The van der Waals surface area contributed by atoms with Crippen molar-refractivity contribution >= 4 is 22.6 Å². The van der Waals surface area contributed by atoms with Crippen LogP contribution in [0.4, 0.5) is 5.82 Å². The Labute approximate surface area is 209 Å². The maximum absolute atomic E-state index is 11.6. The van der Waals surface area contributed by atoms with Crippen LogP contribution in [0, 0.1) is 5.92 Å². The van der Waals surface area contributed by atoms with Crippen molar-refractivity contribution in [2.75, 3.05) is 38.4 Å². The Bertz CT molecular complexity index is 1280. The minimum absolute atomic E-state index is 0.0606. The first-order valence-electron chi connectivity index (χ1n) is 12.8. The molecule has 36 heavy (non-hydrogen) atoms. The number of aromatic nitrogens is 3. The topological polar surface area (TPSA) is 108 Å². The quantitative estimate of drug-likeness (QED) is 0.555. The monoisotopic (exact) mass is 492 g/mol. The highest BCUT2D eigenvalue weighted by molar-refractivity contribution is 5.97. The average Bonchev–Trinajstić information content (AvgIpc) is 3.52. The molecular formula is C27H32N4O5. The van der Waals surface area contributed by atoms with E-state index in [1.165, 1.54) is 6.92 Å². The second-order valence-electron chi connectivity index (χ2n) is 10.00. The zero-order valence-electron chi connectivity index (χ0n) is 20.8. The van der Waals surface area contributed by atoms with Gasteiger partial charge in [-0.1, -0.05) is 0 Å². The van der Waals surface area contributed by atoms with Crippen LogP contribution in [-0.2, 0) is 31.0 Å². The molecule has 3 aromatic heterocycles. The van der Waals surface area contributed by atoms with E-state index in [1.807, 2.05) is 12.3 Å². The van der Waals surface area contributed by atoms with Crippen LogP contribution in [0.1, 0.15) is 44.4 Å². The molecular weight excluding hydrogens is 460 g/mol. The summed E-state index contributed by atoms with van der Waals surface area (Å²) in [6.45, 7) is 6.97. The van der Waals surface area contributed by atoms with E-state index in [9.17, 15) is 4.79 Å². The normalized spacial score (nSPS) is 23.1. The molecule has 2 atom stereocenters. The third kappa shape index (κ3) is 4.25. The number of anilines is 1. The summed E-state index contributed by atoms with van der Waals surface area (Å²) < 4.78 is 24.4. The van der Waals surface area contributed by atoms with Crippen LogP contribution < -0.4 is 10.1 Å². The number of hydrogen-bond donors (Lipinski definition) is 2. The van der Waals surface area contributed by atoms with Gasteiger partial charge in [-0.2, -0.15) is 0 Å². The van der Waals surface area contributed by atoms with Crippen molar-refractivity contribution in [2.45, 2.75) is 51.2 Å². The lowest BCUT2D eigenvalue weighted by Crippen LogP contribution is -2.38. The Morgan fingerprint density at radius 2 is 2.08 bits per heavy atom. The second kappa shape index (κ2) is 9.46. The highest BCUT2D eigenvalue weighted by Crippen LogP contribution is 2.44. The molecule has 1 spiro atoms. The van der Waals surface area contributed by atoms with Crippen LogP contribution >= 0.6 is 0 Å². The highest BCUT2D eigenvalue weighted by Gasteiger charge is 2.44. The van der Waals surface area contributed by atoms with Gasteiger partial charge in [-0.25, -0.2) is 9.97 Å². The number of carbonyl (C=O) groups excluding carboxylic acids is 1. The fourth-order valence-electron chi connectivity index (χ4n) is 5.64. The molecule has 0 aliphatic carbocycles. The van der Waals surface area contributed by atoms with E-state index in [0.717, 1.165) is 78.1 Å². The van der Waals surface area contributed by atoms with Gasteiger partial charge in [0.05, 0.1) is 42.4 Å². The number of H-pyrrole nitrogens is 1. The SMILES string of the molecule is CC(=O)Nc1cc2c(-c3cc(O[C@H](C)C4CCOCC4)c4c(n3)C3(CCOC3)OCC4)c[nH]c2cn1. The van der Waals surface area contributed by atoms with Crippen LogP contribution in [0.3, 0.4) is 0 Å². The van der Waals surface area contributed by atoms with Crippen LogP contribution in [0.5, 0.6) is 5.75 Å². The number of nitrogens with zero attached hydrogens (tertiary/aromatic N) is 2. The first kappa shape index (κ1) is 23.4. The average molecular weight is 493 g/mol. The number of hydrogen-bond acceptors (Lipinski definition) is 7. The smallest absolute Gasteiger partial charge is 0.222 e. The maximum Gasteiger partial charge on any atom is 0.222 e. The summed E-state index contributed by atoms with van der Waals surface area (Å²) in [5.41, 5.74) is 4.08. The van der Waals surface area contributed by atoms with E-state index in [2.05, 4.69) is 28.3 Å². The van der Waals surface area contributed by atoms with E-state index in [0.29, 0.717) is 31.6 Å². The third-order valence-electron chi connectivity index (χ3n) is 7.62. The molecule has 2 saturated heterocycles. The second-order valence-corrected chi connectivity index (χ2v) is 10.00. The molecule has 0 aromatic carbocycles. The lowest BCUT2D eigenvalue weighted by molar-refractivity contribution is -0.114. The number of pyridine rings is 2. The fraction of sp³-hybridized carbons (Fsp3) is 0.519. The van der Waals surface area contributed by atoms with Crippen molar-refractivity contribution in [3.05, 3.63) is 35.8 Å². The van der Waals surface area contributed by atoms with Crippen molar-refractivity contribution in [1.82, 2.24) is 15.0 Å². The molecule has 0 radical (unpaired) electrons. The summed E-state index contributed by atoms with van der Waals surface area (Å²) in [4.78, 5) is 24.4. The van der Waals surface area contributed by atoms with Gasteiger partial charge in [-0.05, 0) is 31.7 Å². The molecule has 6 heterocycles. The predicted octanol–water partition coefficient (Wildman–Crippen LogP) is 3.97. The minimum atomic E-state index is -0.543. The molecule has 0 bridgehead atoms. The van der Waals surface area contributed by atoms with Gasteiger partial charge < -0.3 is 29.2 Å². The van der Waals surface area contributed by atoms with Crippen LogP contribution in [-0.4, -0.2) is 60.0 Å². The summed E-state index contributed by atoms with van der Waals surface area (Å²) in [5, 5.41) is 3.70. The van der Waals surface area contributed by atoms with Crippen molar-refractivity contribution < 1.29 is 23.7 Å². The van der Waals surface area contributed by atoms with Crippen LogP contribution in [0.2, 0.25) is 0 Å². The standard InChI is InChI=1S/C27H32N4O5/c1-16(18-3-7-33-8-4-18)36-24-12-22(31-26-19(24)5-9-35-27(26)6-10-34-15-27)21-13-28-23-14-29-25(11-20(21)23)30-17(2)32/h11-14,16,18,28H,3-10,15H2,1-2H3,(H,29,30,32)/t16-,27?/m1/s1. The van der Waals surface area contributed by atoms with Crippen molar-refractivity contribution in [3.63, 3.8) is 0 Å². The van der Waals surface area contributed by atoms with Crippen LogP contribution in [0.15, 0.2) is 24.5 Å². The molecule has 9 nitrogen and oxygen atoms in total. The van der Waals surface area contributed by atoms with E-state index < -0.39 is 5.60 Å². The summed E-state index contributed by atoms with van der Waals surface area (Å²) in [6.07, 6.45) is 7.26. The lowest BCUT2D eigenvalue weighted by atomic mass is 9.88. The zero-order valence-corrected chi connectivity index (χ0v) is 20.8. The predicted molar refractivity (Wildman–Crippen MR) is 134 cm³/mol. The molecule has 190 valence electrons. The van der Waals surface area contributed by atoms with Gasteiger partial charge in [0.15, 0.2) is 0 Å². The summed E-state index contributed by atoms with van der Waals surface area (Å²) >= 11 is 0. The number of ether oxygens (including phenoxy) is 4. The third-order valence-corrected chi connectivity index (χ3v) is 7.62. The first-order valence-corrected chi connectivity index (χ1v) is 12.8. The van der Waals surface area contributed by atoms with Gasteiger partial charge in [0.2, 0.25) is 5.91 Å². The van der Waals surface area contributed by atoms with Gasteiger partial charge in [0, 0.05) is 68.4 Å². The number of fused-ring (bicyclic) bond motifs is 3. The zero-order chi connectivity index (χ0) is 24.7. The summed E-state index contributed by atoms with van der Waals surface area (Å²) in [6, 6.07) is 3.93. The number of nitrogens with one attached hydrogen (secondary N) is 2. The number of amides is 1. The van der Waals surface area contributed by atoms with Gasteiger partial charge in [-0.3, -0.25) is 4.79 Å². The van der Waals surface area contributed by atoms with Gasteiger partial charge in [-0.15, -0.1) is 0 Å². The van der Waals surface area contributed by atoms with E-state index in [-0.39, 0.29) is 12.0 Å². The Balaban J connectivity index is 1.46. The molecule has 6 rings (SSSR count). The molecule has 3 aliphatic rings. The van der Waals surface area contributed by atoms with E-state index >= 15 is 0 Å². The first-order chi connectivity index (χ1) is 17.5. The van der Waals surface area contributed by atoms with Crippen LogP contribution in [0.25, 0.3) is 22.2 Å². The fourth-order valence-corrected chi connectivity index (χ4v) is 5.64. The molecule has 3 aromatic rings. The van der Waals surface area contributed by atoms with Gasteiger partial charge >= 0.3 is 0 Å². The number of carbonyl (C=O) groups is 1. The minimum Gasteiger partial charge on any atom is -0.490 e. The molecule has 0 saturated carbocycles. The molecule has 1 unspecified atom stereocenters.